The van der Waals surface area contributed by atoms with Crippen LogP contribution in [0.25, 0.3) is 0 Å². The van der Waals surface area contributed by atoms with Crippen LogP contribution in [0.3, 0.4) is 0 Å². The summed E-state index contributed by atoms with van der Waals surface area (Å²) < 4.78 is 1.05. The average Bonchev–Trinajstić information content (AvgIpc) is 2.97. The molecular formula is C15H19BrN2O. The number of aryl methyl sites for hydroxylation is 1. The van der Waals surface area contributed by atoms with E-state index in [4.69, 9.17) is 0 Å². The lowest BCUT2D eigenvalue weighted by Gasteiger charge is -2.21. The van der Waals surface area contributed by atoms with E-state index in [2.05, 4.69) is 26.1 Å². The molecule has 1 N–H and O–H groups in total. The van der Waals surface area contributed by atoms with E-state index in [-0.39, 0.29) is 5.91 Å². The number of halogens is 1. The van der Waals surface area contributed by atoms with Crippen LogP contribution in [0, 0.1) is 6.92 Å². The first-order valence-electron chi connectivity index (χ1n) is 6.96. The highest BCUT2D eigenvalue weighted by atomic mass is 79.9. The molecule has 2 aliphatic heterocycles. The zero-order chi connectivity index (χ0) is 13.4. The van der Waals surface area contributed by atoms with E-state index in [9.17, 15) is 4.79 Å². The van der Waals surface area contributed by atoms with Crippen molar-refractivity contribution in [3.8, 4) is 0 Å². The number of carbonyl (C=O) groups excluding carboxylic acids is 1. The predicted octanol–water partition coefficient (Wildman–Crippen LogP) is 2.72. The van der Waals surface area contributed by atoms with Gasteiger partial charge in [-0.1, -0.05) is 15.9 Å². The lowest BCUT2D eigenvalue weighted by atomic mass is 10.1. The van der Waals surface area contributed by atoms with Crippen molar-refractivity contribution in [3.05, 3.63) is 33.8 Å². The molecule has 0 radical (unpaired) electrons. The standard InChI is InChI=1S/C15H19BrN2O/c1-10-9-11(4-5-12(10)16)15(19)17-13-6-8-18-7-2-3-14(13)18/h4-5,9,13-14H,2-3,6-8H2,1H3,(H,17,19). The largest absolute Gasteiger partial charge is 0.348 e. The highest BCUT2D eigenvalue weighted by Gasteiger charge is 2.37. The van der Waals surface area contributed by atoms with Gasteiger partial charge in [0.05, 0.1) is 0 Å². The summed E-state index contributed by atoms with van der Waals surface area (Å²) in [5.41, 5.74) is 1.86. The van der Waals surface area contributed by atoms with Gasteiger partial charge in [-0.2, -0.15) is 0 Å². The number of rotatable bonds is 2. The summed E-state index contributed by atoms with van der Waals surface area (Å²) in [6, 6.07) is 6.68. The number of benzene rings is 1. The number of nitrogens with one attached hydrogen (secondary N) is 1. The van der Waals surface area contributed by atoms with Crippen molar-refractivity contribution in [2.45, 2.75) is 38.3 Å². The Hall–Kier alpha value is -0.870. The van der Waals surface area contributed by atoms with Crippen molar-refractivity contribution < 1.29 is 4.79 Å². The summed E-state index contributed by atoms with van der Waals surface area (Å²) in [4.78, 5) is 14.8. The number of amides is 1. The maximum Gasteiger partial charge on any atom is 0.251 e. The van der Waals surface area contributed by atoms with Gasteiger partial charge >= 0.3 is 0 Å². The van der Waals surface area contributed by atoms with Crippen LogP contribution in [0.1, 0.15) is 35.2 Å². The van der Waals surface area contributed by atoms with Gasteiger partial charge in [0.2, 0.25) is 0 Å². The van der Waals surface area contributed by atoms with Gasteiger partial charge < -0.3 is 5.32 Å². The van der Waals surface area contributed by atoms with Crippen LogP contribution in [0.4, 0.5) is 0 Å². The number of carbonyl (C=O) groups is 1. The highest BCUT2D eigenvalue weighted by Crippen LogP contribution is 2.28. The van der Waals surface area contributed by atoms with E-state index >= 15 is 0 Å². The van der Waals surface area contributed by atoms with Crippen molar-refractivity contribution in [2.75, 3.05) is 13.1 Å². The molecule has 2 unspecified atom stereocenters. The summed E-state index contributed by atoms with van der Waals surface area (Å²) in [5.74, 6) is 0.0642. The zero-order valence-electron chi connectivity index (χ0n) is 11.2. The topological polar surface area (TPSA) is 32.3 Å². The van der Waals surface area contributed by atoms with Gasteiger partial charge in [0.15, 0.2) is 0 Å². The average molecular weight is 323 g/mol. The molecule has 0 aromatic heterocycles. The lowest BCUT2D eigenvalue weighted by Crippen LogP contribution is -2.42. The van der Waals surface area contributed by atoms with Gasteiger partial charge in [-0.3, -0.25) is 9.69 Å². The fourth-order valence-corrected chi connectivity index (χ4v) is 3.54. The molecular weight excluding hydrogens is 304 g/mol. The molecule has 0 saturated carbocycles. The van der Waals surface area contributed by atoms with Crippen molar-refractivity contribution in [1.29, 1.82) is 0 Å². The minimum absolute atomic E-state index is 0.0642. The maximum absolute atomic E-state index is 12.3. The molecule has 19 heavy (non-hydrogen) atoms. The summed E-state index contributed by atoms with van der Waals surface area (Å²) in [5, 5.41) is 3.22. The third kappa shape index (κ3) is 2.56. The molecule has 3 rings (SSSR count). The van der Waals surface area contributed by atoms with E-state index in [1.54, 1.807) is 0 Å². The smallest absolute Gasteiger partial charge is 0.251 e. The van der Waals surface area contributed by atoms with Gasteiger partial charge in [-0.15, -0.1) is 0 Å². The van der Waals surface area contributed by atoms with E-state index in [1.165, 1.54) is 19.4 Å². The maximum atomic E-state index is 12.3. The Bertz CT molecular complexity index is 503. The molecule has 0 bridgehead atoms. The molecule has 102 valence electrons. The van der Waals surface area contributed by atoms with Gasteiger partial charge in [0.25, 0.3) is 5.91 Å². The normalized spacial score (nSPS) is 26.4. The van der Waals surface area contributed by atoms with E-state index in [0.717, 1.165) is 28.6 Å². The fraction of sp³-hybridized carbons (Fsp3) is 0.533. The first-order valence-corrected chi connectivity index (χ1v) is 7.75. The minimum atomic E-state index is 0.0642. The second-order valence-electron chi connectivity index (χ2n) is 5.58. The van der Waals surface area contributed by atoms with Crippen LogP contribution < -0.4 is 5.32 Å². The van der Waals surface area contributed by atoms with Crippen LogP contribution in [0.15, 0.2) is 22.7 Å². The fourth-order valence-electron chi connectivity index (χ4n) is 3.29. The van der Waals surface area contributed by atoms with Crippen LogP contribution in [-0.2, 0) is 0 Å². The van der Waals surface area contributed by atoms with Crippen molar-refractivity contribution in [3.63, 3.8) is 0 Å². The molecule has 0 spiro atoms. The summed E-state index contributed by atoms with van der Waals surface area (Å²) in [7, 11) is 0. The number of nitrogens with zero attached hydrogens (tertiary/aromatic N) is 1. The van der Waals surface area contributed by atoms with Crippen LogP contribution >= 0.6 is 15.9 Å². The number of hydrogen-bond donors (Lipinski definition) is 1. The van der Waals surface area contributed by atoms with Crippen LogP contribution in [0.5, 0.6) is 0 Å². The minimum Gasteiger partial charge on any atom is -0.348 e. The number of fused-ring (bicyclic) bond motifs is 1. The van der Waals surface area contributed by atoms with Gasteiger partial charge in [0.1, 0.15) is 0 Å². The van der Waals surface area contributed by atoms with Crippen LogP contribution in [0.2, 0.25) is 0 Å². The Kier molecular flexibility index (Phi) is 3.63. The lowest BCUT2D eigenvalue weighted by molar-refractivity contribution is 0.0929. The molecule has 1 amide bonds. The first kappa shape index (κ1) is 13.1. The summed E-state index contributed by atoms with van der Waals surface area (Å²) in [6.07, 6.45) is 3.59. The number of hydrogen-bond acceptors (Lipinski definition) is 2. The predicted molar refractivity (Wildman–Crippen MR) is 79.3 cm³/mol. The quantitative estimate of drug-likeness (QED) is 0.908. The van der Waals surface area contributed by atoms with E-state index < -0.39 is 0 Å². The Morgan fingerprint density at radius 3 is 3.00 bits per heavy atom. The van der Waals surface area contributed by atoms with E-state index in [0.29, 0.717) is 12.1 Å². The van der Waals surface area contributed by atoms with Gasteiger partial charge in [-0.05, 0) is 56.5 Å². The Morgan fingerprint density at radius 1 is 1.37 bits per heavy atom. The Balaban J connectivity index is 1.69. The molecule has 0 aliphatic carbocycles. The second-order valence-corrected chi connectivity index (χ2v) is 6.43. The monoisotopic (exact) mass is 322 g/mol. The Morgan fingerprint density at radius 2 is 2.21 bits per heavy atom. The molecule has 1 aromatic carbocycles. The van der Waals surface area contributed by atoms with Crippen molar-refractivity contribution >= 4 is 21.8 Å². The van der Waals surface area contributed by atoms with Crippen molar-refractivity contribution in [2.24, 2.45) is 0 Å². The molecule has 1 aromatic rings. The molecule has 2 atom stereocenters. The Labute approximate surface area is 122 Å². The summed E-state index contributed by atoms with van der Waals surface area (Å²) in [6.45, 7) is 4.35. The third-order valence-electron chi connectivity index (χ3n) is 4.34. The molecule has 2 aliphatic rings. The van der Waals surface area contributed by atoms with Gasteiger partial charge in [0, 0.05) is 28.7 Å². The van der Waals surface area contributed by atoms with Crippen molar-refractivity contribution in [1.82, 2.24) is 10.2 Å². The highest BCUT2D eigenvalue weighted by molar-refractivity contribution is 9.10. The summed E-state index contributed by atoms with van der Waals surface area (Å²) >= 11 is 3.47. The molecule has 2 saturated heterocycles. The van der Waals surface area contributed by atoms with Gasteiger partial charge in [-0.25, -0.2) is 0 Å². The molecule has 2 fully saturated rings. The molecule has 3 nitrogen and oxygen atoms in total. The SMILES string of the molecule is Cc1cc(C(=O)NC2CCN3CCCC23)ccc1Br. The second kappa shape index (κ2) is 5.25. The molecule has 2 heterocycles. The third-order valence-corrected chi connectivity index (χ3v) is 5.23. The molecule has 4 heteroatoms. The van der Waals surface area contributed by atoms with E-state index in [1.807, 2.05) is 25.1 Å². The van der Waals surface area contributed by atoms with Crippen LogP contribution in [-0.4, -0.2) is 36.0 Å². The zero-order valence-corrected chi connectivity index (χ0v) is 12.7. The first-order chi connectivity index (χ1) is 9.15.